The molecule has 0 radical (unpaired) electrons. The number of fused-ring (bicyclic) bond motifs is 1. The number of halogens is 2. The van der Waals surface area contributed by atoms with E-state index in [1.165, 1.54) is 0 Å². The number of benzene rings is 3. The van der Waals surface area contributed by atoms with Crippen molar-refractivity contribution in [3.63, 3.8) is 0 Å². The predicted octanol–water partition coefficient (Wildman–Crippen LogP) is 6.58. The molecule has 0 atom stereocenters. The zero-order valence-corrected chi connectivity index (χ0v) is 24.6. The first-order valence-corrected chi connectivity index (χ1v) is 14.1. The van der Waals surface area contributed by atoms with E-state index in [1.807, 2.05) is 36.4 Å². The number of hydrogen-bond donors (Lipinski definition) is 2. The largest absolute Gasteiger partial charge is 0.488 e. The Balaban J connectivity index is 1.35. The van der Waals surface area contributed by atoms with Crippen LogP contribution in [0.3, 0.4) is 0 Å². The van der Waals surface area contributed by atoms with Crippen molar-refractivity contribution in [1.29, 1.82) is 0 Å². The maximum Gasteiger partial charge on any atom is 0.317 e. The van der Waals surface area contributed by atoms with Crippen LogP contribution in [0.15, 0.2) is 71.5 Å². The lowest BCUT2D eigenvalue weighted by Crippen LogP contribution is -2.22. The number of ether oxygens (including phenoxy) is 4. The highest BCUT2D eigenvalue weighted by atomic mass is 79.9. The molecule has 8 nitrogen and oxygen atoms in total. The van der Waals surface area contributed by atoms with E-state index in [1.54, 1.807) is 24.5 Å². The van der Waals surface area contributed by atoms with Gasteiger partial charge in [-0.1, -0.05) is 35.9 Å². The summed E-state index contributed by atoms with van der Waals surface area (Å²) in [5.41, 5.74) is 5.76. The second kappa shape index (κ2) is 13.2. The van der Waals surface area contributed by atoms with Crippen LogP contribution in [-0.4, -0.2) is 35.8 Å². The predicted molar refractivity (Wildman–Crippen MR) is 159 cm³/mol. The lowest BCUT2D eigenvalue weighted by molar-refractivity contribution is -0.136. The van der Waals surface area contributed by atoms with Gasteiger partial charge in [-0.3, -0.25) is 9.78 Å². The first kappa shape index (κ1) is 28.7. The third-order valence-electron chi connectivity index (χ3n) is 6.54. The number of rotatable bonds is 11. The Morgan fingerprint density at radius 1 is 1.00 bits per heavy atom. The first-order chi connectivity index (χ1) is 19.9. The molecule has 41 heavy (non-hydrogen) atoms. The van der Waals surface area contributed by atoms with Crippen LogP contribution in [0.25, 0.3) is 11.1 Å². The highest BCUT2D eigenvalue weighted by Crippen LogP contribution is 2.37. The van der Waals surface area contributed by atoms with Crippen molar-refractivity contribution in [2.24, 2.45) is 0 Å². The number of nitrogens with one attached hydrogen (secondary N) is 1. The van der Waals surface area contributed by atoms with Gasteiger partial charge in [0, 0.05) is 40.6 Å². The van der Waals surface area contributed by atoms with Gasteiger partial charge in [-0.15, -0.1) is 0 Å². The summed E-state index contributed by atoms with van der Waals surface area (Å²) < 4.78 is 24.6. The van der Waals surface area contributed by atoms with Gasteiger partial charge in [-0.05, 0) is 69.4 Å². The van der Waals surface area contributed by atoms with Gasteiger partial charge < -0.3 is 29.4 Å². The van der Waals surface area contributed by atoms with Crippen molar-refractivity contribution < 1.29 is 28.8 Å². The SMILES string of the molecule is Cc1c(COc2cc(OCc3cncc(Br)c3)c(CNCC(=O)O)cc2Cl)cccc1-c1ccc2c(c1)OCCO2. The maximum absolute atomic E-state index is 11.0. The minimum absolute atomic E-state index is 0.191. The monoisotopic (exact) mass is 638 g/mol. The molecule has 4 aromatic rings. The number of aliphatic carboxylic acids is 1. The van der Waals surface area contributed by atoms with E-state index >= 15 is 0 Å². The number of carbonyl (C=O) groups is 1. The summed E-state index contributed by atoms with van der Waals surface area (Å²) in [6.07, 6.45) is 3.42. The maximum atomic E-state index is 11.0. The molecular weight excluding hydrogens is 612 g/mol. The van der Waals surface area contributed by atoms with Gasteiger partial charge in [0.25, 0.3) is 0 Å². The van der Waals surface area contributed by atoms with E-state index in [2.05, 4.69) is 39.2 Å². The molecule has 2 heterocycles. The average Bonchev–Trinajstić information content (AvgIpc) is 2.96. The van der Waals surface area contributed by atoms with Crippen LogP contribution in [-0.2, 0) is 24.6 Å². The molecular formula is C31H28BrClN2O6. The normalized spacial score (nSPS) is 12.2. The van der Waals surface area contributed by atoms with Crippen LogP contribution in [0.2, 0.25) is 5.02 Å². The summed E-state index contributed by atoms with van der Waals surface area (Å²) in [6.45, 7) is 3.76. The van der Waals surface area contributed by atoms with Crippen LogP contribution < -0.4 is 24.3 Å². The van der Waals surface area contributed by atoms with Crippen molar-refractivity contribution >= 4 is 33.5 Å². The third-order valence-corrected chi connectivity index (χ3v) is 7.27. The minimum atomic E-state index is -0.951. The lowest BCUT2D eigenvalue weighted by atomic mass is 9.96. The number of nitrogens with zero attached hydrogens (tertiary/aromatic N) is 1. The molecule has 0 amide bonds. The van der Waals surface area contributed by atoms with Gasteiger partial charge in [0.15, 0.2) is 11.5 Å². The Morgan fingerprint density at radius 2 is 1.80 bits per heavy atom. The highest BCUT2D eigenvalue weighted by molar-refractivity contribution is 9.10. The molecule has 2 N–H and O–H groups in total. The topological polar surface area (TPSA) is 99.1 Å². The van der Waals surface area contributed by atoms with Gasteiger partial charge in [0.05, 0.1) is 11.6 Å². The molecule has 3 aromatic carbocycles. The van der Waals surface area contributed by atoms with Gasteiger partial charge in [-0.25, -0.2) is 0 Å². The zero-order valence-electron chi connectivity index (χ0n) is 22.3. The highest BCUT2D eigenvalue weighted by Gasteiger charge is 2.16. The van der Waals surface area contributed by atoms with Gasteiger partial charge >= 0.3 is 5.97 Å². The molecule has 212 valence electrons. The smallest absolute Gasteiger partial charge is 0.317 e. The number of carboxylic acids is 1. The first-order valence-electron chi connectivity index (χ1n) is 13.0. The summed E-state index contributed by atoms with van der Waals surface area (Å²) in [5.74, 6) is 1.53. The minimum Gasteiger partial charge on any atom is -0.488 e. The summed E-state index contributed by atoms with van der Waals surface area (Å²) in [7, 11) is 0. The van der Waals surface area contributed by atoms with Gasteiger partial charge in [-0.2, -0.15) is 0 Å². The lowest BCUT2D eigenvalue weighted by Gasteiger charge is -2.20. The van der Waals surface area contributed by atoms with E-state index in [0.717, 1.165) is 43.8 Å². The van der Waals surface area contributed by atoms with Crippen LogP contribution in [0, 0.1) is 6.92 Å². The van der Waals surface area contributed by atoms with Crippen molar-refractivity contribution in [2.75, 3.05) is 19.8 Å². The Morgan fingerprint density at radius 3 is 2.61 bits per heavy atom. The molecule has 0 spiro atoms. The summed E-state index contributed by atoms with van der Waals surface area (Å²) >= 11 is 10.0. The van der Waals surface area contributed by atoms with Crippen molar-refractivity contribution in [1.82, 2.24) is 10.3 Å². The molecule has 0 saturated heterocycles. The van der Waals surface area contributed by atoms with E-state index in [4.69, 9.17) is 35.7 Å². The fourth-order valence-electron chi connectivity index (χ4n) is 4.48. The molecule has 0 fully saturated rings. The molecule has 0 unspecified atom stereocenters. The molecule has 1 aromatic heterocycles. The van der Waals surface area contributed by atoms with E-state index < -0.39 is 5.97 Å². The van der Waals surface area contributed by atoms with Crippen LogP contribution in [0.1, 0.15) is 22.3 Å². The van der Waals surface area contributed by atoms with Crippen molar-refractivity contribution in [2.45, 2.75) is 26.7 Å². The number of aromatic nitrogens is 1. The average molecular weight is 640 g/mol. The third kappa shape index (κ3) is 7.30. The second-order valence-electron chi connectivity index (χ2n) is 9.42. The van der Waals surface area contributed by atoms with Crippen LogP contribution in [0.4, 0.5) is 0 Å². The zero-order chi connectivity index (χ0) is 28.8. The molecule has 0 aliphatic carbocycles. The van der Waals surface area contributed by atoms with Crippen LogP contribution in [0.5, 0.6) is 23.0 Å². The van der Waals surface area contributed by atoms with E-state index in [-0.39, 0.29) is 26.3 Å². The van der Waals surface area contributed by atoms with Crippen LogP contribution >= 0.6 is 27.5 Å². The summed E-state index contributed by atoms with van der Waals surface area (Å²) in [6, 6.07) is 17.4. The van der Waals surface area contributed by atoms with Gasteiger partial charge in [0.2, 0.25) is 0 Å². The molecule has 1 aliphatic rings. The van der Waals surface area contributed by atoms with Gasteiger partial charge in [0.1, 0.15) is 37.9 Å². The standard InChI is InChI=1S/C31H28BrClN2O6/c1-19-22(3-2-4-25(19)21-5-6-27-30(11-21)39-8-7-38-27)18-41-29-12-28(40-17-20-9-24(32)15-34-13-20)23(10-26(29)33)14-35-16-31(36)37/h2-6,9-13,15,35H,7-8,14,16-18H2,1H3,(H,36,37). The second-order valence-corrected chi connectivity index (χ2v) is 10.7. The quantitative estimate of drug-likeness (QED) is 0.190. The fourth-order valence-corrected chi connectivity index (χ4v) is 5.13. The Kier molecular flexibility index (Phi) is 9.28. The van der Waals surface area contributed by atoms with E-state index in [9.17, 15) is 4.79 Å². The summed E-state index contributed by atoms with van der Waals surface area (Å²) in [5, 5.41) is 12.3. The molecule has 0 saturated carbocycles. The van der Waals surface area contributed by atoms with Crippen molar-refractivity contribution in [3.8, 4) is 34.1 Å². The summed E-state index contributed by atoms with van der Waals surface area (Å²) in [4.78, 5) is 15.2. The molecule has 0 bridgehead atoms. The Hall–Kier alpha value is -3.79. The number of carboxylic acid groups (broad SMARTS) is 1. The molecule has 5 rings (SSSR count). The number of pyridine rings is 1. The Labute approximate surface area is 251 Å². The Bertz CT molecular complexity index is 1560. The molecule has 10 heteroatoms. The number of hydrogen-bond acceptors (Lipinski definition) is 7. The fraction of sp³-hybridized carbons (Fsp3) is 0.226. The van der Waals surface area contributed by atoms with E-state index in [0.29, 0.717) is 35.3 Å². The van der Waals surface area contributed by atoms with Crippen molar-refractivity contribution in [3.05, 3.63) is 98.7 Å². The molecule has 1 aliphatic heterocycles.